The third-order valence-corrected chi connectivity index (χ3v) is 4.68. The van der Waals surface area contributed by atoms with E-state index in [1.165, 1.54) is 13.0 Å². The van der Waals surface area contributed by atoms with Crippen LogP contribution in [0.5, 0.6) is 17.4 Å². The number of nitrogens with zero attached hydrogens (tertiary/aromatic N) is 1. The highest BCUT2D eigenvalue weighted by Gasteiger charge is 2.32. The fraction of sp³-hybridized carbons (Fsp3) is 0.182. The summed E-state index contributed by atoms with van der Waals surface area (Å²) in [7, 11) is 0. The number of carbonyl (C=O) groups is 1. The maximum atomic E-state index is 14.4. The van der Waals surface area contributed by atoms with Crippen molar-refractivity contribution in [3.8, 4) is 17.4 Å². The van der Waals surface area contributed by atoms with Gasteiger partial charge in [-0.2, -0.15) is 26.3 Å². The van der Waals surface area contributed by atoms with E-state index in [4.69, 9.17) is 21.1 Å². The number of halogens is 8. The van der Waals surface area contributed by atoms with Crippen molar-refractivity contribution in [2.24, 2.45) is 0 Å². The second-order valence-corrected chi connectivity index (χ2v) is 7.43. The number of nitrogens with one attached hydrogen (secondary N) is 1. The summed E-state index contributed by atoms with van der Waals surface area (Å²) in [6.45, 7) is 1.29. The number of benzene rings is 2. The first-order valence-electron chi connectivity index (χ1n) is 9.59. The molecule has 13 heteroatoms. The van der Waals surface area contributed by atoms with Crippen LogP contribution in [0.2, 0.25) is 5.02 Å². The summed E-state index contributed by atoms with van der Waals surface area (Å²) in [6, 6.07) is 7.44. The van der Waals surface area contributed by atoms with Gasteiger partial charge in [-0.3, -0.25) is 4.79 Å². The second kappa shape index (κ2) is 9.98. The monoisotopic (exact) mass is 522 g/mol. The zero-order chi connectivity index (χ0) is 26.0. The molecule has 0 spiro atoms. The van der Waals surface area contributed by atoms with Gasteiger partial charge in [-0.05, 0) is 49.4 Å². The molecule has 35 heavy (non-hydrogen) atoms. The summed E-state index contributed by atoms with van der Waals surface area (Å²) in [5, 5.41) is 1.89. The van der Waals surface area contributed by atoms with Crippen molar-refractivity contribution in [1.82, 2.24) is 4.98 Å². The molecular weight excluding hydrogens is 509 g/mol. The average Bonchev–Trinajstić information content (AvgIpc) is 2.76. The van der Waals surface area contributed by atoms with Gasteiger partial charge in [0.05, 0.1) is 11.1 Å². The molecule has 1 aromatic heterocycles. The minimum absolute atomic E-state index is 0.0728. The lowest BCUT2D eigenvalue weighted by Crippen LogP contribution is -2.30. The molecule has 0 radical (unpaired) electrons. The molecule has 1 atom stereocenters. The van der Waals surface area contributed by atoms with Crippen LogP contribution in [0, 0.1) is 5.82 Å². The molecular formula is C22H14ClF7N2O3. The van der Waals surface area contributed by atoms with E-state index in [2.05, 4.69) is 10.3 Å². The molecule has 186 valence electrons. The number of carbonyl (C=O) groups excluding carboxylic acids is 1. The van der Waals surface area contributed by atoms with Crippen molar-refractivity contribution >= 4 is 23.2 Å². The van der Waals surface area contributed by atoms with Gasteiger partial charge < -0.3 is 14.8 Å². The van der Waals surface area contributed by atoms with Crippen LogP contribution in [0.15, 0.2) is 54.7 Å². The molecule has 1 heterocycles. The number of amides is 1. The van der Waals surface area contributed by atoms with Crippen LogP contribution in [0.1, 0.15) is 18.1 Å². The van der Waals surface area contributed by atoms with Crippen molar-refractivity contribution in [2.75, 3.05) is 5.32 Å². The van der Waals surface area contributed by atoms with E-state index in [1.54, 1.807) is 0 Å². The first-order valence-corrected chi connectivity index (χ1v) is 9.97. The number of hydrogen-bond donors (Lipinski definition) is 1. The average molecular weight is 523 g/mol. The van der Waals surface area contributed by atoms with Gasteiger partial charge in [0.2, 0.25) is 5.88 Å². The summed E-state index contributed by atoms with van der Waals surface area (Å²) in [6.07, 6.45) is -9.92. The van der Waals surface area contributed by atoms with Gasteiger partial charge in [-0.15, -0.1) is 0 Å². The molecule has 5 nitrogen and oxygen atoms in total. The topological polar surface area (TPSA) is 60.5 Å². The van der Waals surface area contributed by atoms with Crippen molar-refractivity contribution in [3.05, 3.63) is 76.7 Å². The molecule has 0 aliphatic carbocycles. The highest BCUT2D eigenvalue weighted by atomic mass is 35.5. The van der Waals surface area contributed by atoms with Crippen molar-refractivity contribution in [3.63, 3.8) is 0 Å². The van der Waals surface area contributed by atoms with E-state index in [-0.39, 0.29) is 17.2 Å². The predicted molar refractivity (Wildman–Crippen MR) is 111 cm³/mol. The Bertz CT molecular complexity index is 1220. The molecule has 3 rings (SSSR count). The molecule has 1 unspecified atom stereocenters. The molecule has 0 aliphatic heterocycles. The fourth-order valence-corrected chi connectivity index (χ4v) is 2.84. The maximum absolute atomic E-state index is 14.4. The second-order valence-electron chi connectivity index (χ2n) is 7.03. The van der Waals surface area contributed by atoms with E-state index in [0.29, 0.717) is 12.3 Å². The summed E-state index contributed by atoms with van der Waals surface area (Å²) in [5.74, 6) is -2.65. The van der Waals surface area contributed by atoms with Gasteiger partial charge in [0, 0.05) is 18.0 Å². The zero-order valence-corrected chi connectivity index (χ0v) is 18.2. The van der Waals surface area contributed by atoms with Crippen LogP contribution in [0.3, 0.4) is 0 Å². The minimum atomic E-state index is -4.66. The molecule has 2 aromatic carbocycles. The molecule has 0 aliphatic rings. The predicted octanol–water partition coefficient (Wildman–Crippen LogP) is 7.11. The van der Waals surface area contributed by atoms with E-state index in [1.807, 2.05) is 0 Å². The lowest BCUT2D eigenvalue weighted by Gasteiger charge is -2.16. The van der Waals surface area contributed by atoms with Crippen LogP contribution >= 0.6 is 11.6 Å². The van der Waals surface area contributed by atoms with Gasteiger partial charge in [0.15, 0.2) is 17.7 Å². The van der Waals surface area contributed by atoms with Gasteiger partial charge in [0.1, 0.15) is 10.8 Å². The molecule has 3 aromatic rings. The zero-order valence-electron chi connectivity index (χ0n) is 17.5. The SMILES string of the molecule is CC(Oc1ccc(Oc2ncc(C(F)(F)F)cc2Cl)cc1F)C(=O)Nc1ccc(C(F)(F)F)cc1. The van der Waals surface area contributed by atoms with E-state index in [9.17, 15) is 35.5 Å². The number of rotatable bonds is 6. The van der Waals surface area contributed by atoms with Crippen LogP contribution in [0.4, 0.5) is 36.4 Å². The van der Waals surface area contributed by atoms with Crippen LogP contribution in [0.25, 0.3) is 0 Å². The van der Waals surface area contributed by atoms with E-state index < -0.39 is 52.2 Å². The number of anilines is 1. The molecule has 1 amide bonds. The summed E-state index contributed by atoms with van der Waals surface area (Å²) in [5.41, 5.74) is -1.91. The lowest BCUT2D eigenvalue weighted by molar-refractivity contribution is -0.138. The normalized spacial score (nSPS) is 12.7. The number of alkyl halides is 6. The number of aromatic nitrogens is 1. The Morgan fingerprint density at radius 1 is 0.971 bits per heavy atom. The first-order chi connectivity index (χ1) is 16.2. The van der Waals surface area contributed by atoms with Crippen LogP contribution < -0.4 is 14.8 Å². The van der Waals surface area contributed by atoms with Gasteiger partial charge in [-0.1, -0.05) is 11.6 Å². The fourth-order valence-electron chi connectivity index (χ4n) is 2.64. The molecule has 1 N–H and O–H groups in total. The van der Waals surface area contributed by atoms with Gasteiger partial charge in [-0.25, -0.2) is 9.37 Å². The summed E-state index contributed by atoms with van der Waals surface area (Å²) < 4.78 is 101. The largest absolute Gasteiger partial charge is 0.478 e. The molecule has 0 bridgehead atoms. The number of hydrogen-bond acceptors (Lipinski definition) is 4. The quantitative estimate of drug-likeness (QED) is 0.351. The van der Waals surface area contributed by atoms with Gasteiger partial charge >= 0.3 is 12.4 Å². The van der Waals surface area contributed by atoms with Crippen molar-refractivity contribution in [1.29, 1.82) is 0 Å². The molecule has 0 saturated heterocycles. The number of ether oxygens (including phenoxy) is 2. The Kier molecular flexibility index (Phi) is 7.44. The van der Waals surface area contributed by atoms with Crippen LogP contribution in [-0.4, -0.2) is 17.0 Å². The molecule has 0 fully saturated rings. The highest BCUT2D eigenvalue weighted by Crippen LogP contribution is 2.35. The van der Waals surface area contributed by atoms with Crippen molar-refractivity contribution < 1.29 is 45.0 Å². The van der Waals surface area contributed by atoms with Crippen LogP contribution in [-0.2, 0) is 17.1 Å². The Morgan fingerprint density at radius 3 is 2.14 bits per heavy atom. The van der Waals surface area contributed by atoms with Gasteiger partial charge in [0.25, 0.3) is 5.91 Å². The highest BCUT2D eigenvalue weighted by molar-refractivity contribution is 6.31. The Balaban J connectivity index is 1.64. The van der Waals surface area contributed by atoms with E-state index in [0.717, 1.165) is 36.4 Å². The Morgan fingerprint density at radius 2 is 1.60 bits per heavy atom. The third kappa shape index (κ3) is 6.75. The minimum Gasteiger partial charge on any atom is -0.478 e. The Hall–Kier alpha value is -3.54. The van der Waals surface area contributed by atoms with E-state index >= 15 is 0 Å². The first kappa shape index (κ1) is 26.1. The lowest BCUT2D eigenvalue weighted by atomic mass is 10.2. The Labute approximate surface area is 198 Å². The number of pyridine rings is 1. The smallest absolute Gasteiger partial charge is 0.417 e. The third-order valence-electron chi connectivity index (χ3n) is 4.41. The summed E-state index contributed by atoms with van der Waals surface area (Å²) in [4.78, 5) is 15.7. The van der Waals surface area contributed by atoms with Crippen molar-refractivity contribution in [2.45, 2.75) is 25.4 Å². The summed E-state index contributed by atoms with van der Waals surface area (Å²) >= 11 is 5.75. The maximum Gasteiger partial charge on any atom is 0.417 e. The molecule has 0 saturated carbocycles. The standard InChI is InChI=1S/C22H14ClF7N2O3/c1-11(19(33)32-14-4-2-12(3-5-14)21(25,26)27)34-18-7-6-15(9-17(18)24)35-20-16(23)8-13(10-31-20)22(28,29)30/h2-11H,1H3,(H,32,33).